The van der Waals surface area contributed by atoms with Crippen LogP contribution in [-0.2, 0) is 6.42 Å². The van der Waals surface area contributed by atoms with Gasteiger partial charge in [0.05, 0.1) is 0 Å². The Morgan fingerprint density at radius 2 is 1.76 bits per heavy atom. The quantitative estimate of drug-likeness (QED) is 0.931. The van der Waals surface area contributed by atoms with Gasteiger partial charge in [-0.3, -0.25) is 4.79 Å². The molecule has 2 bridgehead atoms. The van der Waals surface area contributed by atoms with Crippen LogP contribution in [0.1, 0.15) is 48.5 Å². The maximum atomic E-state index is 12.6. The number of hydrogen-bond donors (Lipinski definition) is 1. The molecule has 3 rings (SSSR count). The van der Waals surface area contributed by atoms with E-state index in [1.54, 1.807) is 0 Å². The van der Waals surface area contributed by atoms with Gasteiger partial charge in [-0.2, -0.15) is 0 Å². The zero-order valence-corrected chi connectivity index (χ0v) is 13.7. The second-order valence-electron chi connectivity index (χ2n) is 6.23. The smallest absolute Gasteiger partial charge is 0.253 e. The molecule has 1 amide bonds. The van der Waals surface area contributed by atoms with Crippen LogP contribution in [0, 0.1) is 0 Å². The monoisotopic (exact) mass is 308 g/mol. The van der Waals surface area contributed by atoms with Crippen LogP contribution in [0.4, 0.5) is 0 Å². The van der Waals surface area contributed by atoms with Crippen molar-refractivity contribution in [2.24, 2.45) is 0 Å². The molecule has 0 radical (unpaired) electrons. The van der Waals surface area contributed by atoms with Gasteiger partial charge in [0, 0.05) is 30.7 Å². The first kappa shape index (κ1) is 16.3. The summed E-state index contributed by atoms with van der Waals surface area (Å²) in [5.74, 6) is 0.166. The molecule has 0 aromatic heterocycles. The minimum Gasteiger partial charge on any atom is -0.339 e. The Bertz CT molecular complexity index is 476. The Morgan fingerprint density at radius 1 is 1.19 bits per heavy atom. The molecule has 2 aliphatic rings. The SMILES string of the molecule is CCc1ccc(C(=O)N(C)C2CC3CCC(C2)N3)cc1.Cl. The summed E-state index contributed by atoms with van der Waals surface area (Å²) >= 11 is 0. The van der Waals surface area contributed by atoms with Crippen LogP contribution in [0.25, 0.3) is 0 Å². The van der Waals surface area contributed by atoms with Crippen LogP contribution in [0.15, 0.2) is 24.3 Å². The Labute approximate surface area is 133 Å². The largest absolute Gasteiger partial charge is 0.339 e. The molecule has 4 heteroatoms. The third kappa shape index (κ3) is 3.41. The number of nitrogens with one attached hydrogen (secondary N) is 1. The minimum absolute atomic E-state index is 0. The lowest BCUT2D eigenvalue weighted by atomic mass is 9.98. The first-order valence-corrected chi connectivity index (χ1v) is 7.79. The first-order chi connectivity index (χ1) is 9.67. The molecule has 0 aliphatic carbocycles. The van der Waals surface area contributed by atoms with Gasteiger partial charge in [0.2, 0.25) is 0 Å². The van der Waals surface area contributed by atoms with Crippen LogP contribution < -0.4 is 5.32 Å². The summed E-state index contributed by atoms with van der Waals surface area (Å²) in [5.41, 5.74) is 2.10. The highest BCUT2D eigenvalue weighted by Crippen LogP contribution is 2.29. The highest BCUT2D eigenvalue weighted by atomic mass is 35.5. The molecule has 1 aromatic rings. The standard InChI is InChI=1S/C17H24N2O.ClH/c1-3-12-4-6-13(7-5-12)17(20)19(2)16-10-14-8-9-15(11-16)18-14;/h4-7,14-16,18H,3,8-11H2,1-2H3;1H. The zero-order valence-electron chi connectivity index (χ0n) is 12.8. The highest BCUT2D eigenvalue weighted by molar-refractivity contribution is 5.94. The normalized spacial score (nSPS) is 27.0. The van der Waals surface area contributed by atoms with Crippen LogP contribution >= 0.6 is 12.4 Å². The molecule has 1 aromatic carbocycles. The fraction of sp³-hybridized carbons (Fsp3) is 0.588. The van der Waals surface area contributed by atoms with Crippen molar-refractivity contribution in [2.75, 3.05) is 7.05 Å². The van der Waals surface area contributed by atoms with Gasteiger partial charge in [-0.1, -0.05) is 19.1 Å². The molecule has 2 heterocycles. The lowest BCUT2D eigenvalue weighted by Gasteiger charge is -2.35. The van der Waals surface area contributed by atoms with Gasteiger partial charge in [0.25, 0.3) is 5.91 Å². The van der Waals surface area contributed by atoms with E-state index in [1.807, 2.05) is 24.1 Å². The van der Waals surface area contributed by atoms with Crippen molar-refractivity contribution in [2.45, 2.75) is 57.2 Å². The summed E-state index contributed by atoms with van der Waals surface area (Å²) < 4.78 is 0. The Hall–Kier alpha value is -1.06. The average Bonchev–Trinajstić information content (AvgIpc) is 2.84. The van der Waals surface area contributed by atoms with Crippen LogP contribution in [-0.4, -0.2) is 36.0 Å². The number of piperidine rings is 1. The Morgan fingerprint density at radius 3 is 2.29 bits per heavy atom. The molecule has 2 aliphatic heterocycles. The summed E-state index contributed by atoms with van der Waals surface area (Å²) in [6.07, 6.45) is 5.77. The number of halogens is 1. The predicted molar refractivity (Wildman–Crippen MR) is 88.1 cm³/mol. The molecule has 21 heavy (non-hydrogen) atoms. The van der Waals surface area contributed by atoms with Crippen LogP contribution in [0.2, 0.25) is 0 Å². The van der Waals surface area contributed by atoms with Gasteiger partial charge in [-0.25, -0.2) is 0 Å². The maximum Gasteiger partial charge on any atom is 0.253 e. The summed E-state index contributed by atoms with van der Waals surface area (Å²) in [7, 11) is 1.96. The minimum atomic E-state index is 0. The summed E-state index contributed by atoms with van der Waals surface area (Å²) in [6, 6.07) is 9.70. The molecule has 3 nitrogen and oxygen atoms in total. The topological polar surface area (TPSA) is 32.3 Å². The lowest BCUT2D eigenvalue weighted by molar-refractivity contribution is 0.0681. The summed E-state index contributed by atoms with van der Waals surface area (Å²) in [4.78, 5) is 14.5. The van der Waals surface area contributed by atoms with Crippen molar-refractivity contribution in [1.82, 2.24) is 10.2 Å². The van der Waals surface area contributed by atoms with E-state index in [0.29, 0.717) is 18.1 Å². The summed E-state index contributed by atoms with van der Waals surface area (Å²) in [5, 5.41) is 3.63. The molecular weight excluding hydrogens is 284 g/mol. The van der Waals surface area contributed by atoms with Crippen molar-refractivity contribution < 1.29 is 4.79 Å². The fourth-order valence-corrected chi connectivity index (χ4v) is 3.60. The second kappa shape index (κ2) is 6.80. The Balaban J connectivity index is 0.00000161. The van der Waals surface area contributed by atoms with E-state index in [2.05, 4.69) is 24.4 Å². The number of carbonyl (C=O) groups excluding carboxylic acids is 1. The van der Waals surface area contributed by atoms with Gasteiger partial charge < -0.3 is 10.2 Å². The number of fused-ring (bicyclic) bond motifs is 2. The summed E-state index contributed by atoms with van der Waals surface area (Å²) in [6.45, 7) is 2.13. The van der Waals surface area contributed by atoms with Crippen molar-refractivity contribution >= 4 is 18.3 Å². The number of hydrogen-bond acceptors (Lipinski definition) is 2. The highest BCUT2D eigenvalue weighted by Gasteiger charge is 2.36. The molecule has 1 N–H and O–H groups in total. The average molecular weight is 309 g/mol. The number of benzene rings is 1. The van der Waals surface area contributed by atoms with Gasteiger partial charge in [-0.15, -0.1) is 12.4 Å². The van der Waals surface area contributed by atoms with E-state index in [1.165, 1.54) is 18.4 Å². The third-order valence-corrected chi connectivity index (χ3v) is 4.93. The van der Waals surface area contributed by atoms with Gasteiger partial charge in [0.15, 0.2) is 0 Å². The van der Waals surface area contributed by atoms with E-state index in [4.69, 9.17) is 0 Å². The number of carbonyl (C=O) groups is 1. The molecule has 116 valence electrons. The van der Waals surface area contributed by atoms with Crippen LogP contribution in [0.5, 0.6) is 0 Å². The number of aryl methyl sites for hydroxylation is 1. The molecule has 0 spiro atoms. The molecule has 2 atom stereocenters. The number of rotatable bonds is 3. The molecule has 2 saturated heterocycles. The van der Waals surface area contributed by atoms with E-state index in [-0.39, 0.29) is 18.3 Å². The van der Waals surface area contributed by atoms with Crippen molar-refractivity contribution in [1.29, 1.82) is 0 Å². The maximum absolute atomic E-state index is 12.6. The van der Waals surface area contributed by atoms with Crippen molar-refractivity contribution in [3.8, 4) is 0 Å². The van der Waals surface area contributed by atoms with E-state index < -0.39 is 0 Å². The lowest BCUT2D eigenvalue weighted by Crippen LogP contribution is -2.48. The predicted octanol–water partition coefficient (Wildman–Crippen LogP) is 3.03. The molecule has 0 saturated carbocycles. The van der Waals surface area contributed by atoms with Gasteiger partial charge >= 0.3 is 0 Å². The molecule has 2 fully saturated rings. The van der Waals surface area contributed by atoms with Gasteiger partial charge in [0.1, 0.15) is 0 Å². The molecule has 2 unspecified atom stereocenters. The number of amides is 1. The van der Waals surface area contributed by atoms with Crippen LogP contribution in [0.3, 0.4) is 0 Å². The third-order valence-electron chi connectivity index (χ3n) is 4.93. The fourth-order valence-electron chi connectivity index (χ4n) is 3.60. The Kier molecular flexibility index (Phi) is 5.28. The van der Waals surface area contributed by atoms with E-state index >= 15 is 0 Å². The van der Waals surface area contributed by atoms with Crippen molar-refractivity contribution in [3.63, 3.8) is 0 Å². The zero-order chi connectivity index (χ0) is 14.1. The van der Waals surface area contributed by atoms with E-state index in [9.17, 15) is 4.79 Å². The second-order valence-corrected chi connectivity index (χ2v) is 6.23. The van der Waals surface area contributed by atoms with Gasteiger partial charge in [-0.05, 0) is 49.8 Å². The van der Waals surface area contributed by atoms with Crippen molar-refractivity contribution in [3.05, 3.63) is 35.4 Å². The van der Waals surface area contributed by atoms with E-state index in [0.717, 1.165) is 24.8 Å². The number of nitrogens with zero attached hydrogens (tertiary/aromatic N) is 1. The first-order valence-electron chi connectivity index (χ1n) is 7.79. The molecular formula is C17H25ClN2O.